The lowest BCUT2D eigenvalue weighted by Gasteiger charge is -2.14. The summed E-state index contributed by atoms with van der Waals surface area (Å²) in [6, 6.07) is 23.0. The van der Waals surface area contributed by atoms with Gasteiger partial charge in [-0.2, -0.15) is 0 Å². The van der Waals surface area contributed by atoms with E-state index in [-0.39, 0.29) is 5.91 Å². The standard InChI is InChI=1S/C27H27N3O3/c1-30(2)16-15-18-9-12-21(13-10-18)28-25(19-7-5-4-6-8-19)24-22-14-11-20(27(32)33-3)17-23(22)29-26(24)31/h4-14,17,24H,15-16H2,1-3H3,(H,29,31). The van der Waals surface area contributed by atoms with Crippen molar-refractivity contribution in [3.05, 3.63) is 95.1 Å². The fourth-order valence-corrected chi connectivity index (χ4v) is 3.91. The zero-order valence-electron chi connectivity index (χ0n) is 19.0. The Kier molecular flexibility index (Phi) is 6.66. The SMILES string of the molecule is COC(=O)c1ccc2c(c1)NC(=O)C2C(=Nc1ccc(CCN(C)C)cc1)c1ccccc1. The van der Waals surface area contributed by atoms with Crippen molar-refractivity contribution in [1.29, 1.82) is 0 Å². The van der Waals surface area contributed by atoms with Crippen LogP contribution in [0.5, 0.6) is 0 Å². The molecule has 4 rings (SSSR count). The number of likely N-dealkylation sites (N-methyl/N-ethyl adjacent to an activating group) is 1. The Morgan fingerprint density at radius 1 is 1.00 bits per heavy atom. The Labute approximate surface area is 193 Å². The van der Waals surface area contributed by atoms with Gasteiger partial charge in [-0.15, -0.1) is 0 Å². The van der Waals surface area contributed by atoms with E-state index in [2.05, 4.69) is 36.4 Å². The van der Waals surface area contributed by atoms with Gasteiger partial charge in [0.05, 0.1) is 24.1 Å². The lowest BCUT2D eigenvalue weighted by molar-refractivity contribution is -0.115. The minimum atomic E-state index is -0.581. The van der Waals surface area contributed by atoms with Crippen LogP contribution in [0.15, 0.2) is 77.8 Å². The van der Waals surface area contributed by atoms with Gasteiger partial charge < -0.3 is 15.0 Å². The van der Waals surface area contributed by atoms with Gasteiger partial charge in [-0.3, -0.25) is 9.79 Å². The van der Waals surface area contributed by atoms with E-state index < -0.39 is 11.9 Å². The number of benzene rings is 3. The molecular formula is C27H27N3O3. The van der Waals surface area contributed by atoms with Crippen molar-refractivity contribution in [3.63, 3.8) is 0 Å². The Morgan fingerprint density at radius 2 is 1.73 bits per heavy atom. The molecule has 1 unspecified atom stereocenters. The highest BCUT2D eigenvalue weighted by atomic mass is 16.5. The Balaban J connectivity index is 1.72. The second-order valence-corrected chi connectivity index (χ2v) is 8.30. The van der Waals surface area contributed by atoms with E-state index in [0.29, 0.717) is 17.0 Å². The topological polar surface area (TPSA) is 71.0 Å². The number of esters is 1. The first-order valence-corrected chi connectivity index (χ1v) is 10.9. The number of nitrogens with one attached hydrogen (secondary N) is 1. The molecule has 0 radical (unpaired) electrons. The second kappa shape index (κ2) is 9.79. The maximum absolute atomic E-state index is 13.1. The van der Waals surface area contributed by atoms with E-state index >= 15 is 0 Å². The summed E-state index contributed by atoms with van der Waals surface area (Å²) in [6.45, 7) is 0.977. The van der Waals surface area contributed by atoms with E-state index in [1.54, 1.807) is 18.2 Å². The van der Waals surface area contributed by atoms with Gasteiger partial charge in [0.25, 0.3) is 0 Å². The predicted octanol–water partition coefficient (Wildman–Crippen LogP) is 4.43. The van der Waals surface area contributed by atoms with Crippen molar-refractivity contribution in [3.8, 4) is 0 Å². The van der Waals surface area contributed by atoms with Crippen molar-refractivity contribution in [2.24, 2.45) is 4.99 Å². The molecule has 1 heterocycles. The smallest absolute Gasteiger partial charge is 0.337 e. The quantitative estimate of drug-likeness (QED) is 0.435. The van der Waals surface area contributed by atoms with Gasteiger partial charge in [0.1, 0.15) is 5.92 Å². The van der Waals surface area contributed by atoms with Crippen LogP contribution in [0.2, 0.25) is 0 Å². The normalized spacial score (nSPS) is 15.3. The molecule has 3 aromatic rings. The molecule has 6 heteroatoms. The van der Waals surface area contributed by atoms with Crippen LogP contribution < -0.4 is 5.32 Å². The summed E-state index contributed by atoms with van der Waals surface area (Å²) in [7, 11) is 5.45. The van der Waals surface area contributed by atoms with Crippen molar-refractivity contribution in [2.75, 3.05) is 33.1 Å². The number of fused-ring (bicyclic) bond motifs is 1. The summed E-state index contributed by atoms with van der Waals surface area (Å²) in [5.74, 6) is -1.19. The molecule has 168 valence electrons. The van der Waals surface area contributed by atoms with Crippen LogP contribution >= 0.6 is 0 Å². The molecule has 33 heavy (non-hydrogen) atoms. The number of methoxy groups -OCH3 is 1. The van der Waals surface area contributed by atoms with Gasteiger partial charge in [0.2, 0.25) is 5.91 Å². The fourth-order valence-electron chi connectivity index (χ4n) is 3.91. The number of carbonyl (C=O) groups excluding carboxylic acids is 2. The third-order valence-electron chi connectivity index (χ3n) is 5.68. The molecule has 0 aromatic heterocycles. The summed E-state index contributed by atoms with van der Waals surface area (Å²) >= 11 is 0. The van der Waals surface area contributed by atoms with Gasteiger partial charge in [-0.25, -0.2) is 4.79 Å². The number of anilines is 1. The molecule has 6 nitrogen and oxygen atoms in total. The highest BCUT2D eigenvalue weighted by Gasteiger charge is 2.35. The van der Waals surface area contributed by atoms with Gasteiger partial charge >= 0.3 is 5.97 Å². The predicted molar refractivity (Wildman–Crippen MR) is 130 cm³/mol. The molecule has 1 N–H and O–H groups in total. The maximum Gasteiger partial charge on any atom is 0.337 e. The highest BCUT2D eigenvalue weighted by Crippen LogP contribution is 2.37. The highest BCUT2D eigenvalue weighted by molar-refractivity contribution is 6.24. The van der Waals surface area contributed by atoms with Crippen LogP contribution in [0.25, 0.3) is 0 Å². The molecule has 0 saturated heterocycles. The first-order chi connectivity index (χ1) is 16.0. The van der Waals surface area contributed by atoms with Gasteiger partial charge in [0, 0.05) is 12.2 Å². The van der Waals surface area contributed by atoms with Crippen LogP contribution in [0, 0.1) is 0 Å². The molecule has 1 amide bonds. The van der Waals surface area contributed by atoms with Crippen molar-refractivity contribution in [2.45, 2.75) is 12.3 Å². The Bertz CT molecular complexity index is 1180. The first kappa shape index (κ1) is 22.4. The molecule has 1 aliphatic rings. The largest absolute Gasteiger partial charge is 0.465 e. The Morgan fingerprint density at radius 3 is 2.39 bits per heavy atom. The molecule has 0 fully saturated rings. The number of carbonyl (C=O) groups is 2. The zero-order valence-corrected chi connectivity index (χ0v) is 19.0. The van der Waals surface area contributed by atoms with E-state index in [0.717, 1.165) is 29.8 Å². The molecule has 3 aromatic carbocycles. The molecule has 0 bridgehead atoms. The molecule has 1 atom stereocenters. The van der Waals surface area contributed by atoms with Crippen LogP contribution in [-0.2, 0) is 16.0 Å². The van der Waals surface area contributed by atoms with Crippen LogP contribution in [0.4, 0.5) is 11.4 Å². The van der Waals surface area contributed by atoms with Gasteiger partial charge in [-0.1, -0.05) is 48.5 Å². The van der Waals surface area contributed by atoms with E-state index in [4.69, 9.17) is 9.73 Å². The molecule has 1 aliphatic heterocycles. The summed E-state index contributed by atoms with van der Waals surface area (Å²) < 4.78 is 4.81. The maximum atomic E-state index is 13.1. The number of hydrogen-bond acceptors (Lipinski definition) is 5. The third-order valence-corrected chi connectivity index (χ3v) is 5.68. The Hall–Kier alpha value is -3.77. The molecular weight excluding hydrogens is 414 g/mol. The second-order valence-electron chi connectivity index (χ2n) is 8.30. The zero-order chi connectivity index (χ0) is 23.4. The number of ether oxygens (including phenoxy) is 1. The minimum Gasteiger partial charge on any atom is -0.465 e. The lowest BCUT2D eigenvalue weighted by Crippen LogP contribution is -2.21. The summed E-state index contributed by atoms with van der Waals surface area (Å²) in [4.78, 5) is 32.1. The van der Waals surface area contributed by atoms with Crippen molar-refractivity contribution < 1.29 is 14.3 Å². The van der Waals surface area contributed by atoms with E-state index in [9.17, 15) is 9.59 Å². The lowest BCUT2D eigenvalue weighted by atomic mass is 9.90. The monoisotopic (exact) mass is 441 g/mol. The van der Waals surface area contributed by atoms with Crippen LogP contribution in [0.3, 0.4) is 0 Å². The van der Waals surface area contributed by atoms with Crippen molar-refractivity contribution in [1.82, 2.24) is 4.90 Å². The van der Waals surface area contributed by atoms with E-state index in [1.807, 2.05) is 42.5 Å². The number of amides is 1. The number of nitrogens with zero attached hydrogens (tertiary/aromatic N) is 2. The summed E-state index contributed by atoms with van der Waals surface area (Å²) in [6.07, 6.45) is 0.962. The van der Waals surface area contributed by atoms with Gasteiger partial charge in [0.15, 0.2) is 0 Å². The summed E-state index contributed by atoms with van der Waals surface area (Å²) in [5.41, 5.74) is 5.35. The number of aliphatic imine (C=N–C) groups is 1. The van der Waals surface area contributed by atoms with Crippen molar-refractivity contribution >= 4 is 29.0 Å². The average molecular weight is 442 g/mol. The van der Waals surface area contributed by atoms with Crippen LogP contribution in [0.1, 0.15) is 33.0 Å². The van der Waals surface area contributed by atoms with E-state index in [1.165, 1.54) is 12.7 Å². The molecule has 0 aliphatic carbocycles. The fraction of sp³-hybridized carbons (Fsp3) is 0.222. The molecule has 0 saturated carbocycles. The third kappa shape index (κ3) is 5.02. The number of hydrogen-bond donors (Lipinski definition) is 1. The van der Waals surface area contributed by atoms with Crippen LogP contribution in [-0.4, -0.2) is 50.2 Å². The average Bonchev–Trinajstić information content (AvgIpc) is 3.16. The minimum absolute atomic E-state index is 0.169. The van der Waals surface area contributed by atoms with Gasteiger partial charge in [-0.05, 0) is 61.5 Å². The molecule has 0 spiro atoms. The number of rotatable bonds is 7. The first-order valence-electron chi connectivity index (χ1n) is 10.9. The summed E-state index contributed by atoms with van der Waals surface area (Å²) in [5, 5.41) is 2.91.